The molecule has 1 atom stereocenters. The summed E-state index contributed by atoms with van der Waals surface area (Å²) < 4.78 is 20.2. The van der Waals surface area contributed by atoms with Crippen molar-refractivity contribution in [3.8, 4) is 11.6 Å². The van der Waals surface area contributed by atoms with Crippen molar-refractivity contribution in [3.05, 3.63) is 82.9 Å². The number of benzene rings is 2. The van der Waals surface area contributed by atoms with E-state index in [-0.39, 0.29) is 17.3 Å². The first-order valence-corrected chi connectivity index (χ1v) is 10.7. The lowest BCUT2D eigenvalue weighted by Gasteiger charge is -2.37. The summed E-state index contributed by atoms with van der Waals surface area (Å²) in [5.41, 5.74) is 1.19. The first-order chi connectivity index (χ1) is 15.5. The number of amides is 1. The van der Waals surface area contributed by atoms with Gasteiger partial charge in [0.15, 0.2) is 6.10 Å². The van der Waals surface area contributed by atoms with Crippen LogP contribution in [0, 0.1) is 5.82 Å². The lowest BCUT2D eigenvalue weighted by molar-refractivity contribution is -0.139. The van der Waals surface area contributed by atoms with E-state index < -0.39 is 11.9 Å². The molecule has 0 N–H and O–H groups in total. The van der Waals surface area contributed by atoms with Crippen LogP contribution in [0.1, 0.15) is 13.3 Å². The average Bonchev–Trinajstić information content (AvgIpc) is 2.84. The predicted octanol–water partition coefficient (Wildman–Crippen LogP) is 2.88. The number of anilines is 1. The maximum absolute atomic E-state index is 13.2. The van der Waals surface area contributed by atoms with Crippen LogP contribution in [0.5, 0.6) is 5.88 Å². The van der Waals surface area contributed by atoms with E-state index in [0.717, 1.165) is 23.5 Å². The second kappa shape index (κ2) is 9.64. The lowest BCUT2D eigenvalue weighted by atomic mass is 10.2. The molecule has 0 unspecified atom stereocenters. The van der Waals surface area contributed by atoms with Crippen LogP contribution in [0.2, 0.25) is 0 Å². The Hall–Kier alpha value is -3.68. The molecule has 0 saturated carbocycles. The molecule has 8 heteroatoms. The van der Waals surface area contributed by atoms with Gasteiger partial charge in [0.25, 0.3) is 11.5 Å². The lowest BCUT2D eigenvalue weighted by Crippen LogP contribution is -2.52. The topological polar surface area (TPSA) is 67.7 Å². The Balaban J connectivity index is 1.43. The molecule has 32 heavy (non-hydrogen) atoms. The van der Waals surface area contributed by atoms with Crippen molar-refractivity contribution < 1.29 is 13.9 Å². The molecule has 7 nitrogen and oxygen atoms in total. The summed E-state index contributed by atoms with van der Waals surface area (Å²) >= 11 is 0. The van der Waals surface area contributed by atoms with Gasteiger partial charge in [-0.05, 0) is 42.8 Å². The molecule has 0 spiro atoms. The number of hydrogen-bond acceptors (Lipinski definition) is 5. The zero-order chi connectivity index (χ0) is 22.5. The van der Waals surface area contributed by atoms with Crippen LogP contribution < -0.4 is 15.2 Å². The molecule has 166 valence electrons. The quantitative estimate of drug-likeness (QED) is 0.595. The van der Waals surface area contributed by atoms with E-state index >= 15 is 0 Å². The van der Waals surface area contributed by atoms with Crippen LogP contribution in [0.4, 0.5) is 10.1 Å². The summed E-state index contributed by atoms with van der Waals surface area (Å²) in [5, 5.41) is 4.22. The zero-order valence-electron chi connectivity index (χ0n) is 17.9. The molecule has 1 amide bonds. The molecule has 0 radical (unpaired) electrons. The number of aromatic nitrogens is 2. The highest BCUT2D eigenvalue weighted by molar-refractivity contribution is 5.81. The molecule has 0 aliphatic carbocycles. The summed E-state index contributed by atoms with van der Waals surface area (Å²) in [6.45, 7) is 4.59. The van der Waals surface area contributed by atoms with Gasteiger partial charge in [0.05, 0.1) is 5.69 Å². The molecule has 3 aromatic rings. The fraction of sp³-hybridized carbons (Fsp3) is 0.292. The third kappa shape index (κ3) is 4.80. The van der Waals surface area contributed by atoms with Crippen LogP contribution in [0.3, 0.4) is 0 Å². The van der Waals surface area contributed by atoms with Crippen molar-refractivity contribution in [1.29, 1.82) is 0 Å². The Morgan fingerprint density at radius 1 is 0.969 bits per heavy atom. The second-order valence-corrected chi connectivity index (χ2v) is 7.56. The van der Waals surface area contributed by atoms with Gasteiger partial charge >= 0.3 is 0 Å². The minimum atomic E-state index is -0.704. The van der Waals surface area contributed by atoms with E-state index in [1.54, 1.807) is 0 Å². The molecule has 1 fully saturated rings. The summed E-state index contributed by atoms with van der Waals surface area (Å²) in [7, 11) is 0. The maximum atomic E-state index is 13.2. The highest BCUT2D eigenvalue weighted by Gasteiger charge is 2.28. The second-order valence-electron chi connectivity index (χ2n) is 7.56. The van der Waals surface area contributed by atoms with Crippen molar-refractivity contribution in [2.75, 3.05) is 31.1 Å². The van der Waals surface area contributed by atoms with Gasteiger partial charge in [-0.1, -0.05) is 25.1 Å². The number of carbonyl (C=O) groups excluding carboxylic acids is 1. The number of nitrogens with zero attached hydrogens (tertiary/aromatic N) is 4. The standard InChI is InChI=1S/C24H25FN4O3/c1-2-21(24(31)28-16-14-27(15-17-28)19-6-4-3-5-7-19)32-22-12-13-23(30)29(26-22)20-10-8-18(25)9-11-20/h3-13,21H,2,14-17H2,1H3/t21-/m1/s1. The van der Waals surface area contributed by atoms with E-state index in [4.69, 9.17) is 4.74 Å². The van der Waals surface area contributed by atoms with Gasteiger partial charge in [-0.15, -0.1) is 5.10 Å². The van der Waals surface area contributed by atoms with Crippen molar-refractivity contribution in [2.45, 2.75) is 19.4 Å². The Morgan fingerprint density at radius 2 is 1.66 bits per heavy atom. The monoisotopic (exact) mass is 436 g/mol. The first-order valence-electron chi connectivity index (χ1n) is 10.7. The highest BCUT2D eigenvalue weighted by Crippen LogP contribution is 2.18. The summed E-state index contributed by atoms with van der Waals surface area (Å²) in [6.07, 6.45) is -0.236. The van der Waals surface area contributed by atoms with Crippen LogP contribution in [-0.2, 0) is 4.79 Å². The Labute approximate surface area is 185 Å². The van der Waals surface area contributed by atoms with E-state index in [1.807, 2.05) is 30.0 Å². The Bertz CT molecular complexity index is 1110. The van der Waals surface area contributed by atoms with Gasteiger partial charge in [-0.25, -0.2) is 4.39 Å². The smallest absolute Gasteiger partial charge is 0.271 e. The molecule has 1 saturated heterocycles. The normalized spacial score (nSPS) is 14.8. The molecular formula is C24H25FN4O3. The Morgan fingerprint density at radius 3 is 2.31 bits per heavy atom. The molecular weight excluding hydrogens is 411 g/mol. The SMILES string of the molecule is CC[C@@H](Oc1ccc(=O)n(-c2ccc(F)cc2)n1)C(=O)N1CCN(c2ccccc2)CC1. The van der Waals surface area contributed by atoms with E-state index in [0.29, 0.717) is 25.2 Å². The maximum Gasteiger partial charge on any atom is 0.271 e. The third-order valence-corrected chi connectivity index (χ3v) is 5.47. The fourth-order valence-electron chi connectivity index (χ4n) is 3.71. The molecule has 1 aliphatic rings. The van der Waals surface area contributed by atoms with Gasteiger partial charge in [0.1, 0.15) is 5.82 Å². The number of piperazine rings is 1. The average molecular weight is 436 g/mol. The van der Waals surface area contributed by atoms with Crippen molar-refractivity contribution in [1.82, 2.24) is 14.7 Å². The molecule has 1 aromatic heterocycles. The van der Waals surface area contributed by atoms with Gasteiger partial charge in [-0.3, -0.25) is 9.59 Å². The van der Waals surface area contributed by atoms with E-state index in [1.165, 1.54) is 36.4 Å². The van der Waals surface area contributed by atoms with Crippen LogP contribution >= 0.6 is 0 Å². The molecule has 2 heterocycles. The molecule has 4 rings (SSSR count). The molecule has 2 aromatic carbocycles. The number of para-hydroxylation sites is 1. The van der Waals surface area contributed by atoms with E-state index in [2.05, 4.69) is 22.1 Å². The molecule has 0 bridgehead atoms. The summed E-state index contributed by atoms with van der Waals surface area (Å²) in [6, 6.07) is 18.3. The number of hydrogen-bond donors (Lipinski definition) is 0. The van der Waals surface area contributed by atoms with E-state index in [9.17, 15) is 14.0 Å². The zero-order valence-corrected chi connectivity index (χ0v) is 17.9. The number of rotatable bonds is 6. The van der Waals surface area contributed by atoms with Gasteiger partial charge in [0, 0.05) is 44.0 Å². The minimum absolute atomic E-state index is 0.0958. The van der Waals surface area contributed by atoms with Gasteiger partial charge < -0.3 is 14.5 Å². The fourth-order valence-corrected chi connectivity index (χ4v) is 3.71. The van der Waals surface area contributed by atoms with Crippen LogP contribution in [0.15, 0.2) is 71.5 Å². The first kappa shape index (κ1) is 21.5. The predicted molar refractivity (Wildman–Crippen MR) is 120 cm³/mol. The summed E-state index contributed by atoms with van der Waals surface area (Å²) in [4.78, 5) is 29.4. The number of halogens is 1. The summed E-state index contributed by atoms with van der Waals surface area (Å²) in [5.74, 6) is -0.336. The Kier molecular flexibility index (Phi) is 6.49. The van der Waals surface area contributed by atoms with Crippen LogP contribution in [-0.4, -0.2) is 52.9 Å². The number of ether oxygens (including phenoxy) is 1. The largest absolute Gasteiger partial charge is 0.463 e. The van der Waals surface area contributed by atoms with Gasteiger partial charge in [-0.2, -0.15) is 4.68 Å². The van der Waals surface area contributed by atoms with Crippen molar-refractivity contribution >= 4 is 11.6 Å². The minimum Gasteiger partial charge on any atom is -0.463 e. The van der Waals surface area contributed by atoms with Crippen molar-refractivity contribution in [3.63, 3.8) is 0 Å². The van der Waals surface area contributed by atoms with Crippen molar-refractivity contribution in [2.24, 2.45) is 0 Å². The number of carbonyl (C=O) groups is 1. The van der Waals surface area contributed by atoms with Crippen LogP contribution in [0.25, 0.3) is 5.69 Å². The molecule has 1 aliphatic heterocycles. The highest BCUT2D eigenvalue weighted by atomic mass is 19.1. The third-order valence-electron chi connectivity index (χ3n) is 5.47. The van der Waals surface area contributed by atoms with Gasteiger partial charge in [0.2, 0.25) is 5.88 Å².